The Kier molecular flexibility index (Phi) is 4.07. The van der Waals surface area contributed by atoms with Crippen LogP contribution in [0.4, 0.5) is 0 Å². The van der Waals surface area contributed by atoms with Gasteiger partial charge in [-0.3, -0.25) is 0 Å². The molecule has 1 heterocycles. The fourth-order valence-electron chi connectivity index (χ4n) is 1.91. The largest absolute Gasteiger partial charge is 0.356 e. The van der Waals surface area contributed by atoms with E-state index in [4.69, 9.17) is 9.47 Å². The van der Waals surface area contributed by atoms with E-state index in [0.29, 0.717) is 6.42 Å². The Morgan fingerprint density at radius 3 is 2.72 bits per heavy atom. The zero-order valence-corrected chi connectivity index (χ0v) is 10.6. The first kappa shape index (κ1) is 12.7. The van der Waals surface area contributed by atoms with Crippen LogP contribution >= 0.6 is 0 Å². The number of allylic oxidation sites excluding steroid dienone is 1. The second-order valence-electron chi connectivity index (χ2n) is 3.96. The van der Waals surface area contributed by atoms with Crippen molar-refractivity contribution in [3.63, 3.8) is 0 Å². The highest BCUT2D eigenvalue weighted by atomic mass is 16.7. The number of rotatable bonds is 6. The predicted octanol–water partition coefficient (Wildman–Crippen LogP) is 2.17. The highest BCUT2D eigenvalue weighted by Crippen LogP contribution is 2.21. The minimum absolute atomic E-state index is 0.0118. The zero-order valence-electron chi connectivity index (χ0n) is 10.6. The molecule has 2 aromatic rings. The van der Waals surface area contributed by atoms with E-state index < -0.39 is 0 Å². The second-order valence-corrected chi connectivity index (χ2v) is 3.96. The molecular formula is C13H17N3O2. The lowest BCUT2D eigenvalue weighted by atomic mass is 10.2. The zero-order chi connectivity index (χ0) is 13.0. The second kappa shape index (κ2) is 5.75. The van der Waals surface area contributed by atoms with Crippen LogP contribution in [0.5, 0.6) is 0 Å². The van der Waals surface area contributed by atoms with Gasteiger partial charge in [0.2, 0.25) is 0 Å². The van der Waals surface area contributed by atoms with E-state index >= 15 is 0 Å². The summed E-state index contributed by atoms with van der Waals surface area (Å²) in [4.78, 5) is 0. The van der Waals surface area contributed by atoms with Crippen LogP contribution in [0, 0.1) is 0 Å². The third-order valence-electron chi connectivity index (χ3n) is 2.92. The third-order valence-corrected chi connectivity index (χ3v) is 2.92. The molecule has 0 bridgehead atoms. The number of hydrogen-bond acceptors (Lipinski definition) is 4. The highest BCUT2D eigenvalue weighted by molar-refractivity contribution is 5.74. The number of fused-ring (bicyclic) bond motifs is 1. The normalized spacial score (nSPS) is 13.1. The van der Waals surface area contributed by atoms with Crippen molar-refractivity contribution >= 4 is 11.0 Å². The maximum absolute atomic E-state index is 5.21. The topological polar surface area (TPSA) is 49.2 Å². The smallest absolute Gasteiger partial charge is 0.159 e. The average molecular weight is 247 g/mol. The maximum atomic E-state index is 5.21. The molecule has 1 unspecified atom stereocenters. The summed E-state index contributed by atoms with van der Waals surface area (Å²) in [6, 6.07) is 7.82. The van der Waals surface area contributed by atoms with Crippen molar-refractivity contribution in [1.29, 1.82) is 0 Å². The van der Waals surface area contributed by atoms with E-state index in [0.717, 1.165) is 11.0 Å². The first-order valence-corrected chi connectivity index (χ1v) is 5.78. The molecule has 96 valence electrons. The molecule has 1 aromatic heterocycles. The minimum Gasteiger partial charge on any atom is -0.356 e. The molecule has 0 radical (unpaired) electrons. The first-order chi connectivity index (χ1) is 8.80. The molecule has 1 aromatic carbocycles. The summed E-state index contributed by atoms with van der Waals surface area (Å²) in [6.07, 6.45) is 2.19. The summed E-state index contributed by atoms with van der Waals surface area (Å²) in [5.74, 6) is 0. The van der Waals surface area contributed by atoms with Gasteiger partial charge in [0, 0.05) is 20.6 Å². The maximum Gasteiger partial charge on any atom is 0.159 e. The lowest BCUT2D eigenvalue weighted by molar-refractivity contribution is -0.110. The molecule has 1 atom stereocenters. The van der Waals surface area contributed by atoms with Crippen LogP contribution in [0.15, 0.2) is 36.9 Å². The van der Waals surface area contributed by atoms with Crippen LogP contribution in [-0.4, -0.2) is 35.5 Å². The van der Waals surface area contributed by atoms with Crippen molar-refractivity contribution in [2.45, 2.75) is 18.8 Å². The molecule has 0 aliphatic heterocycles. The number of hydrogen-bond donors (Lipinski definition) is 0. The highest BCUT2D eigenvalue weighted by Gasteiger charge is 2.17. The van der Waals surface area contributed by atoms with Crippen LogP contribution in [0.1, 0.15) is 12.5 Å². The van der Waals surface area contributed by atoms with Crippen molar-refractivity contribution in [2.75, 3.05) is 14.2 Å². The van der Waals surface area contributed by atoms with Crippen molar-refractivity contribution in [1.82, 2.24) is 15.0 Å². The first-order valence-electron chi connectivity index (χ1n) is 5.78. The van der Waals surface area contributed by atoms with Gasteiger partial charge in [0.1, 0.15) is 5.52 Å². The molecule has 0 saturated heterocycles. The number of benzene rings is 1. The molecule has 0 saturated carbocycles. The van der Waals surface area contributed by atoms with Crippen LogP contribution in [0.3, 0.4) is 0 Å². The van der Waals surface area contributed by atoms with Gasteiger partial charge in [-0.1, -0.05) is 23.4 Å². The fraction of sp³-hybridized carbons (Fsp3) is 0.385. The predicted molar refractivity (Wildman–Crippen MR) is 69.2 cm³/mol. The summed E-state index contributed by atoms with van der Waals surface area (Å²) in [7, 11) is 3.24. The van der Waals surface area contributed by atoms with E-state index in [-0.39, 0.29) is 12.3 Å². The lowest BCUT2D eigenvalue weighted by Crippen LogP contribution is -2.20. The van der Waals surface area contributed by atoms with Crippen molar-refractivity contribution < 1.29 is 9.47 Å². The molecule has 0 spiro atoms. The Morgan fingerprint density at radius 2 is 2.06 bits per heavy atom. The van der Waals surface area contributed by atoms with Gasteiger partial charge in [-0.15, -0.1) is 11.7 Å². The molecule has 0 aliphatic rings. The Labute approximate surface area is 106 Å². The van der Waals surface area contributed by atoms with Crippen molar-refractivity contribution in [2.24, 2.45) is 0 Å². The summed E-state index contributed by atoms with van der Waals surface area (Å²) in [6.45, 7) is 3.85. The van der Waals surface area contributed by atoms with Gasteiger partial charge in [0.15, 0.2) is 6.29 Å². The number of para-hydroxylation sites is 1. The summed E-state index contributed by atoms with van der Waals surface area (Å²) in [5, 5.41) is 8.30. The molecule has 2 rings (SSSR count). The number of aromatic nitrogens is 3. The van der Waals surface area contributed by atoms with Crippen LogP contribution in [0.25, 0.3) is 11.0 Å². The van der Waals surface area contributed by atoms with Crippen molar-refractivity contribution in [3.05, 3.63) is 36.9 Å². The molecule has 0 aliphatic carbocycles. The Bertz CT molecular complexity index is 520. The van der Waals surface area contributed by atoms with Gasteiger partial charge in [-0.25, -0.2) is 4.68 Å². The van der Waals surface area contributed by atoms with Gasteiger partial charge in [-0.05, 0) is 12.1 Å². The molecule has 5 nitrogen and oxygen atoms in total. The van der Waals surface area contributed by atoms with E-state index in [1.807, 2.05) is 35.0 Å². The van der Waals surface area contributed by atoms with E-state index in [1.54, 1.807) is 14.2 Å². The van der Waals surface area contributed by atoms with Gasteiger partial charge in [0.25, 0.3) is 0 Å². The monoisotopic (exact) mass is 247 g/mol. The fourth-order valence-corrected chi connectivity index (χ4v) is 1.91. The molecule has 5 heteroatoms. The molecule has 0 fully saturated rings. The minimum atomic E-state index is -0.282. The van der Waals surface area contributed by atoms with E-state index in [1.165, 1.54) is 0 Å². The Balaban J connectivity index is 2.29. The molecule has 0 amide bonds. The van der Waals surface area contributed by atoms with Crippen LogP contribution < -0.4 is 0 Å². The number of nitrogens with zero attached hydrogens (tertiary/aromatic N) is 3. The molecule has 0 N–H and O–H groups in total. The quantitative estimate of drug-likeness (QED) is 0.580. The standard InChI is InChI=1S/C13H17N3O2/c1-4-10(9-13(17-2)18-3)16-12-8-6-5-7-11(12)14-15-16/h4-8,10,13H,1,9H2,2-3H3. The SMILES string of the molecule is C=CC(CC(OC)OC)n1nnc2ccccc21. The summed E-state index contributed by atoms with van der Waals surface area (Å²) in [5.41, 5.74) is 1.85. The number of ether oxygens (including phenoxy) is 2. The molecular weight excluding hydrogens is 230 g/mol. The Morgan fingerprint density at radius 1 is 1.33 bits per heavy atom. The van der Waals surface area contributed by atoms with Crippen molar-refractivity contribution in [3.8, 4) is 0 Å². The van der Waals surface area contributed by atoms with Gasteiger partial charge in [0.05, 0.1) is 11.6 Å². The van der Waals surface area contributed by atoms with Gasteiger partial charge < -0.3 is 9.47 Å². The van der Waals surface area contributed by atoms with Crippen LogP contribution in [0.2, 0.25) is 0 Å². The van der Waals surface area contributed by atoms with E-state index in [9.17, 15) is 0 Å². The number of methoxy groups -OCH3 is 2. The van der Waals surface area contributed by atoms with E-state index in [2.05, 4.69) is 16.9 Å². The molecule has 18 heavy (non-hydrogen) atoms. The Hall–Kier alpha value is -1.72. The lowest BCUT2D eigenvalue weighted by Gasteiger charge is -2.19. The van der Waals surface area contributed by atoms with Gasteiger partial charge in [-0.2, -0.15) is 0 Å². The van der Waals surface area contributed by atoms with Gasteiger partial charge >= 0.3 is 0 Å². The average Bonchev–Trinajstić information content (AvgIpc) is 2.84. The van der Waals surface area contributed by atoms with Crippen LogP contribution in [-0.2, 0) is 9.47 Å². The summed E-state index contributed by atoms with van der Waals surface area (Å²) < 4.78 is 12.3. The third kappa shape index (κ3) is 2.42. The summed E-state index contributed by atoms with van der Waals surface area (Å²) >= 11 is 0.